The Kier molecular flexibility index (Phi) is 14.0. The molecule has 2 unspecified atom stereocenters. The molecular weight excluding hydrogens is 969 g/mol. The summed E-state index contributed by atoms with van der Waals surface area (Å²) >= 11 is 0. The lowest BCUT2D eigenvalue weighted by atomic mass is 9.93. The minimum atomic E-state index is -4.80. The summed E-state index contributed by atoms with van der Waals surface area (Å²) in [5.41, 5.74) is 17.7. The van der Waals surface area contributed by atoms with E-state index in [9.17, 15) is 69.2 Å². The number of halogens is 8. The van der Waals surface area contributed by atoms with Crippen LogP contribution in [0, 0.1) is 23.0 Å². The first kappa shape index (κ1) is 52.0. The standard InChI is InChI=1S/C24H24F4N4O4.C24H20F4N4O4/c2*1-13(24(26,27)28)31(11-14-2-4-15(25)5-3-14)20(33)12-32-21(34)23(36-22(32)35)9-8-16-17(10-29)19(30)7-6-18(16)23/h2-7,13H,8-12,29-30H2,1H3;2-7,13H,8-9,11-12,30H2,1H3/t2*13-,23?/m00/s1. The summed E-state index contributed by atoms with van der Waals surface area (Å²) < 4.78 is 119. The van der Waals surface area contributed by atoms with E-state index < -0.39 is 109 Å². The van der Waals surface area contributed by atoms with Crippen molar-refractivity contribution < 1.29 is 73.4 Å². The Labute approximate surface area is 404 Å². The summed E-state index contributed by atoms with van der Waals surface area (Å²) in [6.45, 7) is -1.32. The van der Waals surface area contributed by atoms with Crippen LogP contribution in [0.25, 0.3) is 0 Å². The van der Waals surface area contributed by atoms with Crippen LogP contribution >= 0.6 is 0 Å². The van der Waals surface area contributed by atoms with Crippen LogP contribution < -0.4 is 17.2 Å². The Morgan fingerprint density at radius 3 is 1.44 bits per heavy atom. The predicted octanol–water partition coefficient (Wildman–Crippen LogP) is 6.35. The summed E-state index contributed by atoms with van der Waals surface area (Å²) in [5, 5.41) is 9.42. The molecule has 2 aliphatic heterocycles. The van der Waals surface area contributed by atoms with Crippen LogP contribution in [0.4, 0.5) is 56.1 Å². The molecule has 0 saturated carbocycles. The molecule has 2 aliphatic carbocycles. The number of fused-ring (bicyclic) bond motifs is 4. The molecular formula is C48H44F8N8O8. The summed E-state index contributed by atoms with van der Waals surface area (Å²) in [7, 11) is 0. The Bertz CT molecular complexity index is 2890. The first-order valence-corrected chi connectivity index (χ1v) is 22.0. The molecule has 72 heavy (non-hydrogen) atoms. The van der Waals surface area contributed by atoms with Crippen LogP contribution in [-0.2, 0) is 72.3 Å². The molecule has 6 amide bonds. The van der Waals surface area contributed by atoms with Gasteiger partial charge in [0, 0.05) is 55.0 Å². The quantitative estimate of drug-likeness (QED) is 0.110. The van der Waals surface area contributed by atoms with Gasteiger partial charge in [-0.05, 0) is 90.9 Å². The molecule has 8 rings (SSSR count). The highest BCUT2D eigenvalue weighted by Gasteiger charge is 2.61. The van der Waals surface area contributed by atoms with Gasteiger partial charge >= 0.3 is 24.5 Å². The fourth-order valence-corrected chi connectivity index (χ4v) is 9.21. The Morgan fingerprint density at radius 2 is 1.06 bits per heavy atom. The summed E-state index contributed by atoms with van der Waals surface area (Å²) in [6, 6.07) is 12.6. The topological polar surface area (TPSA) is 236 Å². The number of nitrogens with zero attached hydrogens (tertiary/aromatic N) is 5. The number of nitrogens with two attached hydrogens (primary N) is 3. The minimum Gasteiger partial charge on any atom is -0.427 e. The smallest absolute Gasteiger partial charge is 0.418 e. The second-order valence-electron chi connectivity index (χ2n) is 17.4. The van der Waals surface area contributed by atoms with Gasteiger partial charge in [-0.3, -0.25) is 19.2 Å². The van der Waals surface area contributed by atoms with Gasteiger partial charge in [0.15, 0.2) is 0 Å². The van der Waals surface area contributed by atoms with Crippen molar-refractivity contribution in [3.63, 3.8) is 0 Å². The molecule has 6 N–H and O–H groups in total. The van der Waals surface area contributed by atoms with Crippen molar-refractivity contribution in [3.05, 3.63) is 129 Å². The van der Waals surface area contributed by atoms with E-state index in [1.807, 2.05) is 6.07 Å². The maximum Gasteiger partial charge on any atom is 0.418 e. The largest absolute Gasteiger partial charge is 0.427 e. The molecule has 2 saturated heterocycles. The zero-order valence-corrected chi connectivity index (χ0v) is 38.2. The monoisotopic (exact) mass is 1010 g/mol. The predicted molar refractivity (Wildman–Crippen MR) is 236 cm³/mol. The number of anilines is 2. The van der Waals surface area contributed by atoms with Crippen molar-refractivity contribution in [2.75, 3.05) is 24.6 Å². The third-order valence-electron chi connectivity index (χ3n) is 13.2. The number of hydrogen-bond donors (Lipinski definition) is 3. The van der Waals surface area contributed by atoms with E-state index in [0.717, 1.165) is 38.1 Å². The van der Waals surface area contributed by atoms with Crippen molar-refractivity contribution in [3.8, 4) is 6.07 Å². The van der Waals surface area contributed by atoms with Crippen molar-refractivity contribution >= 4 is 47.2 Å². The lowest BCUT2D eigenvalue weighted by molar-refractivity contribution is -0.187. The number of nitrogen functional groups attached to an aromatic ring is 2. The maximum absolute atomic E-state index is 13.6. The molecule has 0 bridgehead atoms. The van der Waals surface area contributed by atoms with Crippen molar-refractivity contribution in [2.45, 2.75) is 94.8 Å². The van der Waals surface area contributed by atoms with Gasteiger partial charge in [0.05, 0.1) is 5.56 Å². The molecule has 4 aliphatic rings. The molecule has 4 aromatic rings. The molecule has 2 heterocycles. The third kappa shape index (κ3) is 9.54. The second kappa shape index (κ2) is 19.4. The van der Waals surface area contributed by atoms with E-state index >= 15 is 0 Å². The number of amides is 6. The highest BCUT2D eigenvalue weighted by Crippen LogP contribution is 2.49. The number of hydrogen-bond acceptors (Lipinski definition) is 12. The normalized spacial score (nSPS) is 19.9. The molecule has 0 radical (unpaired) electrons. The van der Waals surface area contributed by atoms with Crippen molar-refractivity contribution in [1.29, 1.82) is 5.26 Å². The molecule has 16 nitrogen and oxygen atoms in total. The first-order chi connectivity index (χ1) is 33.8. The third-order valence-corrected chi connectivity index (χ3v) is 13.2. The number of rotatable bonds is 11. The summed E-state index contributed by atoms with van der Waals surface area (Å²) in [5.74, 6) is -5.21. The van der Waals surface area contributed by atoms with Gasteiger partial charge in [0.25, 0.3) is 11.8 Å². The molecule has 4 atom stereocenters. The average molecular weight is 1010 g/mol. The Morgan fingerprint density at radius 1 is 0.667 bits per heavy atom. The maximum atomic E-state index is 13.6. The van der Waals surface area contributed by atoms with E-state index in [4.69, 9.17) is 26.7 Å². The van der Waals surface area contributed by atoms with E-state index in [2.05, 4.69) is 0 Å². The lowest BCUT2D eigenvalue weighted by Gasteiger charge is -2.31. The fraction of sp³-hybridized carbons (Fsp3) is 0.354. The molecule has 380 valence electrons. The van der Waals surface area contributed by atoms with Crippen LogP contribution in [0.3, 0.4) is 0 Å². The molecule has 2 fully saturated rings. The van der Waals surface area contributed by atoms with Gasteiger partial charge in [-0.15, -0.1) is 0 Å². The van der Waals surface area contributed by atoms with E-state index in [0.29, 0.717) is 54.0 Å². The minimum absolute atomic E-state index is 0.00597. The highest BCUT2D eigenvalue weighted by atomic mass is 19.4. The molecule has 2 spiro atoms. The van der Waals surface area contributed by atoms with Crippen LogP contribution in [0.1, 0.15) is 71.2 Å². The SMILES string of the molecule is C[C@H](N(Cc1ccc(F)cc1)C(=O)CN1C(=O)OC2(CCc3c2ccc(N)c3C#N)C1=O)C(F)(F)F.C[C@H](N(Cc1ccc(F)cc1)C(=O)CN1C(=O)OC2(CCc3c2ccc(N)c3CN)C1=O)C(F)(F)F. The second-order valence-corrected chi connectivity index (χ2v) is 17.4. The van der Waals surface area contributed by atoms with Crippen molar-refractivity contribution in [1.82, 2.24) is 19.6 Å². The van der Waals surface area contributed by atoms with Crippen LogP contribution in [0.5, 0.6) is 0 Å². The van der Waals surface area contributed by atoms with Gasteiger partial charge < -0.3 is 36.5 Å². The number of carbonyl (C=O) groups excluding carboxylic acids is 6. The average Bonchev–Trinajstić information content (AvgIpc) is 4.02. The van der Waals surface area contributed by atoms with Gasteiger partial charge in [0.1, 0.15) is 42.9 Å². The lowest BCUT2D eigenvalue weighted by Crippen LogP contribution is -2.51. The number of alkyl halides is 6. The highest BCUT2D eigenvalue weighted by molar-refractivity contribution is 6.07. The Hall–Kier alpha value is -7.81. The number of benzene rings is 4. The van der Waals surface area contributed by atoms with Gasteiger partial charge in [-0.1, -0.05) is 36.4 Å². The summed E-state index contributed by atoms with van der Waals surface area (Å²) in [4.78, 5) is 80.1. The van der Waals surface area contributed by atoms with E-state index in [1.165, 1.54) is 36.4 Å². The zero-order valence-electron chi connectivity index (χ0n) is 38.2. The van der Waals surface area contributed by atoms with E-state index in [1.54, 1.807) is 12.1 Å². The molecule has 24 heteroatoms. The zero-order chi connectivity index (χ0) is 52.8. The van der Waals surface area contributed by atoms with Crippen LogP contribution in [0.15, 0.2) is 72.8 Å². The van der Waals surface area contributed by atoms with Gasteiger partial charge in [-0.25, -0.2) is 28.2 Å². The van der Waals surface area contributed by atoms with Gasteiger partial charge in [0.2, 0.25) is 23.0 Å². The molecule has 0 aromatic heterocycles. The molecule has 4 aromatic carbocycles. The van der Waals surface area contributed by atoms with Gasteiger partial charge in [-0.2, -0.15) is 31.6 Å². The van der Waals surface area contributed by atoms with Crippen LogP contribution in [0.2, 0.25) is 0 Å². The Balaban J connectivity index is 0.000000211. The number of imide groups is 2. The summed E-state index contributed by atoms with van der Waals surface area (Å²) in [6.07, 6.45) is -11.3. The fourth-order valence-electron chi connectivity index (χ4n) is 9.21. The van der Waals surface area contributed by atoms with E-state index in [-0.39, 0.29) is 53.7 Å². The number of ether oxygens (including phenoxy) is 2. The van der Waals surface area contributed by atoms with Crippen molar-refractivity contribution in [2.24, 2.45) is 5.73 Å². The number of nitriles is 1. The number of carbonyl (C=O) groups is 6. The van der Waals surface area contributed by atoms with Crippen LogP contribution in [-0.4, -0.2) is 92.9 Å². The first-order valence-electron chi connectivity index (χ1n) is 22.0.